The van der Waals surface area contributed by atoms with Gasteiger partial charge in [0, 0.05) is 0 Å². The normalized spacial score (nSPS) is 11.6. The Morgan fingerprint density at radius 1 is 0.900 bits per heavy atom. The van der Waals surface area contributed by atoms with Crippen molar-refractivity contribution in [1.82, 2.24) is 0 Å². The van der Waals surface area contributed by atoms with Crippen LogP contribution in [0.15, 0.2) is 75.9 Å². The Hall–Kier alpha value is -3.74. The van der Waals surface area contributed by atoms with Gasteiger partial charge in [-0.2, -0.15) is 13.2 Å². The van der Waals surface area contributed by atoms with Crippen molar-refractivity contribution in [1.29, 1.82) is 0 Å². The maximum Gasteiger partial charge on any atom is 0.417 e. The summed E-state index contributed by atoms with van der Waals surface area (Å²) in [6, 6.07) is 15.3. The molecule has 7 heteroatoms. The summed E-state index contributed by atoms with van der Waals surface area (Å²) in [6.45, 7) is 0. The van der Waals surface area contributed by atoms with Gasteiger partial charge >= 0.3 is 6.18 Å². The lowest BCUT2D eigenvalue weighted by Gasteiger charge is -2.15. The van der Waals surface area contributed by atoms with E-state index in [-0.39, 0.29) is 39.4 Å². The second-order valence-corrected chi connectivity index (χ2v) is 6.57. The Balaban J connectivity index is 2.10. The average molecular weight is 412 g/mol. The predicted molar refractivity (Wildman–Crippen MR) is 107 cm³/mol. The van der Waals surface area contributed by atoms with Crippen molar-refractivity contribution >= 4 is 11.0 Å². The summed E-state index contributed by atoms with van der Waals surface area (Å²) >= 11 is 0. The molecule has 0 saturated heterocycles. The van der Waals surface area contributed by atoms with Crippen LogP contribution in [0.3, 0.4) is 0 Å². The number of halogens is 3. The Morgan fingerprint density at radius 3 is 2.23 bits per heavy atom. The molecule has 4 rings (SSSR count). The van der Waals surface area contributed by atoms with Gasteiger partial charge < -0.3 is 14.3 Å². The first-order chi connectivity index (χ1) is 14.3. The first-order valence-corrected chi connectivity index (χ1v) is 8.91. The first kappa shape index (κ1) is 19.6. The van der Waals surface area contributed by atoms with Gasteiger partial charge in [0.2, 0.25) is 5.43 Å². The van der Waals surface area contributed by atoms with E-state index in [1.54, 1.807) is 0 Å². The predicted octanol–water partition coefficient (Wildman–Crippen LogP) is 5.86. The molecule has 0 aliphatic heterocycles. The molecule has 0 aliphatic carbocycles. The number of ether oxygens (including phenoxy) is 1. The molecule has 0 atom stereocenters. The van der Waals surface area contributed by atoms with Crippen molar-refractivity contribution in [2.45, 2.75) is 6.18 Å². The molecule has 152 valence electrons. The minimum Gasteiger partial charge on any atom is -0.508 e. The number of rotatable bonds is 3. The van der Waals surface area contributed by atoms with Crippen LogP contribution in [0, 0.1) is 0 Å². The molecular formula is C23H15F3O4. The zero-order valence-corrected chi connectivity index (χ0v) is 15.7. The molecule has 0 saturated carbocycles. The van der Waals surface area contributed by atoms with Crippen molar-refractivity contribution in [3.05, 3.63) is 82.5 Å². The van der Waals surface area contributed by atoms with E-state index in [0.717, 1.165) is 6.07 Å². The van der Waals surface area contributed by atoms with Crippen LogP contribution in [-0.2, 0) is 6.18 Å². The minimum atomic E-state index is -4.59. The number of phenolic OH excluding ortho intramolecular Hbond substituents is 1. The highest BCUT2D eigenvalue weighted by atomic mass is 19.4. The fourth-order valence-corrected chi connectivity index (χ4v) is 3.43. The third kappa shape index (κ3) is 3.28. The van der Waals surface area contributed by atoms with E-state index in [1.165, 1.54) is 67.8 Å². The van der Waals surface area contributed by atoms with Crippen LogP contribution in [0.25, 0.3) is 33.2 Å². The Kier molecular flexibility index (Phi) is 4.73. The molecule has 3 aromatic carbocycles. The Bertz CT molecular complexity index is 1290. The van der Waals surface area contributed by atoms with E-state index in [0.29, 0.717) is 5.56 Å². The second kappa shape index (κ2) is 7.26. The molecule has 0 spiro atoms. The van der Waals surface area contributed by atoms with Crippen molar-refractivity contribution in [2.75, 3.05) is 7.11 Å². The van der Waals surface area contributed by atoms with Gasteiger partial charge in [-0.3, -0.25) is 4.79 Å². The maximum absolute atomic E-state index is 13.6. The highest BCUT2D eigenvalue weighted by Gasteiger charge is 2.34. The first-order valence-electron chi connectivity index (χ1n) is 8.91. The molecule has 1 aromatic heterocycles. The Labute approximate surface area is 168 Å². The van der Waals surface area contributed by atoms with E-state index < -0.39 is 17.2 Å². The molecule has 0 fully saturated rings. The lowest BCUT2D eigenvalue weighted by atomic mass is 9.94. The number of hydrogen-bond donors (Lipinski definition) is 1. The van der Waals surface area contributed by atoms with Crippen LogP contribution in [0.4, 0.5) is 13.2 Å². The van der Waals surface area contributed by atoms with Gasteiger partial charge in [0.1, 0.15) is 16.9 Å². The van der Waals surface area contributed by atoms with Crippen LogP contribution < -0.4 is 10.2 Å². The monoisotopic (exact) mass is 412 g/mol. The van der Waals surface area contributed by atoms with Gasteiger partial charge in [-0.15, -0.1) is 0 Å². The third-order valence-corrected chi connectivity index (χ3v) is 4.75. The van der Waals surface area contributed by atoms with E-state index in [1.807, 2.05) is 0 Å². The topological polar surface area (TPSA) is 59.7 Å². The molecule has 30 heavy (non-hydrogen) atoms. The Morgan fingerprint density at radius 2 is 1.57 bits per heavy atom. The van der Waals surface area contributed by atoms with Crippen LogP contribution in [-0.4, -0.2) is 12.2 Å². The van der Waals surface area contributed by atoms with Gasteiger partial charge in [0.15, 0.2) is 0 Å². The fraction of sp³-hybridized carbons (Fsp3) is 0.0870. The maximum atomic E-state index is 13.6. The zero-order valence-electron chi connectivity index (χ0n) is 15.7. The van der Waals surface area contributed by atoms with Crippen molar-refractivity contribution < 1.29 is 27.4 Å². The second-order valence-electron chi connectivity index (χ2n) is 6.57. The number of phenols is 1. The summed E-state index contributed by atoms with van der Waals surface area (Å²) in [5.74, 6) is -0.0675. The molecule has 1 N–H and O–H groups in total. The average Bonchev–Trinajstić information content (AvgIpc) is 2.73. The highest BCUT2D eigenvalue weighted by molar-refractivity contribution is 5.97. The molecule has 1 heterocycles. The van der Waals surface area contributed by atoms with E-state index >= 15 is 0 Å². The zero-order chi connectivity index (χ0) is 21.5. The third-order valence-electron chi connectivity index (χ3n) is 4.75. The quantitative estimate of drug-likeness (QED) is 0.458. The van der Waals surface area contributed by atoms with Gasteiger partial charge in [0.05, 0.1) is 18.1 Å². The number of aromatic hydroxyl groups is 1. The molecular weight excluding hydrogens is 397 g/mol. The van der Waals surface area contributed by atoms with Crippen LogP contribution in [0.5, 0.6) is 11.7 Å². The number of benzene rings is 3. The SMILES string of the molecule is COc1oc2cccc(-c3ccccc3C(F)(F)F)c2c(=O)c1-c1ccc(O)cc1. The van der Waals surface area contributed by atoms with Crippen molar-refractivity contribution in [3.63, 3.8) is 0 Å². The molecule has 0 aliphatic rings. The van der Waals surface area contributed by atoms with Crippen LogP contribution in [0.2, 0.25) is 0 Å². The number of methoxy groups -OCH3 is 1. The van der Waals surface area contributed by atoms with Gasteiger partial charge in [-0.1, -0.05) is 42.5 Å². The molecule has 0 radical (unpaired) electrons. The fourth-order valence-electron chi connectivity index (χ4n) is 3.43. The molecule has 0 unspecified atom stereocenters. The molecule has 0 amide bonds. The largest absolute Gasteiger partial charge is 0.508 e. The lowest BCUT2D eigenvalue weighted by Crippen LogP contribution is -2.11. The standard InChI is InChI=1S/C23H15F3O4/c1-29-22-19(13-9-11-14(27)12-10-13)21(28)20-16(6-4-8-18(20)30-22)15-5-2-3-7-17(15)23(24,25)26/h2-12,27H,1H3. The van der Waals surface area contributed by atoms with Gasteiger partial charge in [-0.05, 0) is 41.0 Å². The summed E-state index contributed by atoms with van der Waals surface area (Å²) in [4.78, 5) is 13.5. The van der Waals surface area contributed by atoms with Gasteiger partial charge in [0.25, 0.3) is 5.95 Å². The van der Waals surface area contributed by atoms with Crippen LogP contribution >= 0.6 is 0 Å². The van der Waals surface area contributed by atoms with E-state index in [2.05, 4.69) is 0 Å². The number of fused-ring (bicyclic) bond motifs is 1. The van der Waals surface area contributed by atoms with E-state index in [9.17, 15) is 23.1 Å². The summed E-state index contributed by atoms with van der Waals surface area (Å²) in [5.41, 5.74) is -0.832. The lowest BCUT2D eigenvalue weighted by molar-refractivity contribution is -0.137. The molecule has 4 nitrogen and oxygen atoms in total. The molecule has 4 aromatic rings. The summed E-state index contributed by atoms with van der Waals surface area (Å²) in [7, 11) is 1.33. The summed E-state index contributed by atoms with van der Waals surface area (Å²) in [5, 5.41) is 9.54. The summed E-state index contributed by atoms with van der Waals surface area (Å²) < 4.78 is 51.7. The van der Waals surface area contributed by atoms with Crippen molar-refractivity contribution in [2.24, 2.45) is 0 Å². The van der Waals surface area contributed by atoms with Crippen molar-refractivity contribution in [3.8, 4) is 33.9 Å². The molecule has 0 bridgehead atoms. The highest BCUT2D eigenvalue weighted by Crippen LogP contribution is 2.40. The minimum absolute atomic E-state index is 0.00249. The number of alkyl halides is 3. The van der Waals surface area contributed by atoms with Gasteiger partial charge in [-0.25, -0.2) is 0 Å². The van der Waals surface area contributed by atoms with E-state index in [4.69, 9.17) is 9.15 Å². The smallest absolute Gasteiger partial charge is 0.417 e. The summed E-state index contributed by atoms with van der Waals surface area (Å²) in [6.07, 6.45) is -4.59. The number of hydrogen-bond acceptors (Lipinski definition) is 4. The van der Waals surface area contributed by atoms with Crippen LogP contribution in [0.1, 0.15) is 5.56 Å².